The Morgan fingerprint density at radius 3 is 2.25 bits per heavy atom. The normalized spacial score (nSPS) is 30.0. The van der Waals surface area contributed by atoms with Crippen molar-refractivity contribution < 1.29 is 28.2 Å². The Morgan fingerprint density at radius 1 is 1.21 bits per heavy atom. The number of nitrogens with zero attached hydrogens (tertiary/aromatic N) is 1. The maximum atomic E-state index is 12.1. The Balaban J connectivity index is 2.09. The number of ether oxygens (including phenoxy) is 1. The average molecular weight is 363 g/mol. The van der Waals surface area contributed by atoms with E-state index in [0.29, 0.717) is 12.8 Å². The molecule has 2 saturated heterocycles. The van der Waals surface area contributed by atoms with Gasteiger partial charge in [0.1, 0.15) is 5.60 Å². The molecule has 0 spiro atoms. The van der Waals surface area contributed by atoms with E-state index >= 15 is 0 Å². The molecule has 0 bridgehead atoms. The van der Waals surface area contributed by atoms with Crippen molar-refractivity contribution in [3.05, 3.63) is 0 Å². The number of aliphatic hydroxyl groups is 2. The Morgan fingerprint density at radius 2 is 1.79 bits per heavy atom. The fourth-order valence-corrected chi connectivity index (χ4v) is 5.83. The molecule has 1 amide bonds. The van der Waals surface area contributed by atoms with E-state index in [1.54, 1.807) is 20.8 Å². The lowest BCUT2D eigenvalue weighted by atomic mass is 9.66. The lowest BCUT2D eigenvalue weighted by Crippen LogP contribution is -2.61. The molecule has 2 fully saturated rings. The van der Waals surface area contributed by atoms with Crippen LogP contribution in [0.25, 0.3) is 0 Å². The summed E-state index contributed by atoms with van der Waals surface area (Å²) in [6, 6.07) is 0. The van der Waals surface area contributed by atoms with Gasteiger partial charge in [-0.1, -0.05) is 0 Å². The third-order valence-electron chi connectivity index (χ3n) is 5.14. The van der Waals surface area contributed by atoms with E-state index in [1.807, 2.05) is 0 Å². The minimum atomic E-state index is -3.27. The van der Waals surface area contributed by atoms with Gasteiger partial charge in [-0.2, -0.15) is 0 Å². The molecular weight excluding hydrogens is 334 g/mol. The van der Waals surface area contributed by atoms with E-state index in [1.165, 1.54) is 4.90 Å². The topological polar surface area (TPSA) is 104 Å². The van der Waals surface area contributed by atoms with Crippen molar-refractivity contribution in [2.24, 2.45) is 5.41 Å². The predicted molar refractivity (Wildman–Crippen MR) is 89.4 cm³/mol. The molecular formula is C16H29NO6S. The highest BCUT2D eigenvalue weighted by Crippen LogP contribution is 2.46. The Labute approximate surface area is 143 Å². The van der Waals surface area contributed by atoms with Crippen LogP contribution in [0.5, 0.6) is 0 Å². The second kappa shape index (κ2) is 6.46. The summed E-state index contributed by atoms with van der Waals surface area (Å²) >= 11 is 0. The van der Waals surface area contributed by atoms with Gasteiger partial charge in [-0.3, -0.25) is 0 Å². The number of aliphatic hydroxyl groups excluding tert-OH is 1. The highest BCUT2D eigenvalue weighted by atomic mass is 32.2. The zero-order valence-electron chi connectivity index (χ0n) is 14.7. The molecule has 0 aromatic rings. The van der Waals surface area contributed by atoms with Crippen LogP contribution in [0.3, 0.4) is 0 Å². The minimum Gasteiger partial charge on any atom is -0.444 e. The first-order valence-corrected chi connectivity index (χ1v) is 10.3. The zero-order valence-corrected chi connectivity index (χ0v) is 15.6. The van der Waals surface area contributed by atoms with Crippen molar-refractivity contribution in [3.8, 4) is 0 Å². The van der Waals surface area contributed by atoms with E-state index in [-0.39, 0.29) is 44.0 Å². The lowest BCUT2D eigenvalue weighted by molar-refractivity contribution is -0.134. The fourth-order valence-electron chi connectivity index (χ4n) is 3.75. The molecule has 0 radical (unpaired) electrons. The zero-order chi connectivity index (χ0) is 18.2. The van der Waals surface area contributed by atoms with Crippen molar-refractivity contribution in [1.29, 1.82) is 0 Å². The molecule has 2 N–H and O–H groups in total. The average Bonchev–Trinajstić information content (AvgIpc) is 2.44. The fraction of sp³-hybridized carbons (Fsp3) is 0.938. The smallest absolute Gasteiger partial charge is 0.410 e. The van der Waals surface area contributed by atoms with Crippen molar-refractivity contribution in [2.45, 2.75) is 57.7 Å². The van der Waals surface area contributed by atoms with E-state index in [0.717, 1.165) is 0 Å². The van der Waals surface area contributed by atoms with Gasteiger partial charge in [0.25, 0.3) is 0 Å². The first kappa shape index (κ1) is 19.5. The van der Waals surface area contributed by atoms with E-state index in [4.69, 9.17) is 4.74 Å². The summed E-state index contributed by atoms with van der Waals surface area (Å²) in [7, 11) is -3.27. The monoisotopic (exact) mass is 363 g/mol. The number of rotatable bonds is 2. The number of hydrogen-bond donors (Lipinski definition) is 2. The number of likely N-dealkylation sites (tertiary alicyclic amines) is 1. The van der Waals surface area contributed by atoms with Crippen molar-refractivity contribution >= 4 is 15.9 Å². The van der Waals surface area contributed by atoms with Gasteiger partial charge >= 0.3 is 6.09 Å². The SMILES string of the molecule is CC(C)(C)OC(=O)N1CCC(O)(C2(CO)CCCS(=O)(=O)C2)CC1. The van der Waals surface area contributed by atoms with Crippen LogP contribution in [0, 0.1) is 5.41 Å². The quantitative estimate of drug-likeness (QED) is 0.756. The second-order valence-corrected chi connectivity index (χ2v) is 10.3. The van der Waals surface area contributed by atoms with Crippen LogP contribution in [0.15, 0.2) is 0 Å². The van der Waals surface area contributed by atoms with Crippen LogP contribution < -0.4 is 0 Å². The number of carbonyl (C=O) groups excluding carboxylic acids is 1. The number of hydrogen-bond acceptors (Lipinski definition) is 6. The van der Waals surface area contributed by atoms with Crippen molar-refractivity contribution in [2.75, 3.05) is 31.2 Å². The van der Waals surface area contributed by atoms with Crippen LogP contribution >= 0.6 is 0 Å². The molecule has 2 aliphatic heterocycles. The van der Waals surface area contributed by atoms with Crippen LogP contribution in [-0.4, -0.2) is 72.0 Å². The van der Waals surface area contributed by atoms with Gasteiger partial charge in [0.15, 0.2) is 9.84 Å². The van der Waals surface area contributed by atoms with Gasteiger partial charge in [-0.15, -0.1) is 0 Å². The number of amides is 1. The summed E-state index contributed by atoms with van der Waals surface area (Å²) in [4.78, 5) is 13.7. The summed E-state index contributed by atoms with van der Waals surface area (Å²) < 4.78 is 29.4. The van der Waals surface area contributed by atoms with E-state index in [9.17, 15) is 23.4 Å². The molecule has 1 atom stereocenters. The van der Waals surface area contributed by atoms with Crippen LogP contribution in [0.2, 0.25) is 0 Å². The summed E-state index contributed by atoms with van der Waals surface area (Å²) in [6.07, 6.45) is 0.968. The van der Waals surface area contributed by atoms with Crippen LogP contribution in [0.4, 0.5) is 4.79 Å². The first-order valence-electron chi connectivity index (χ1n) is 8.44. The van der Waals surface area contributed by atoms with E-state index in [2.05, 4.69) is 0 Å². The van der Waals surface area contributed by atoms with Gasteiger partial charge in [0.2, 0.25) is 0 Å². The molecule has 7 nitrogen and oxygen atoms in total. The maximum absolute atomic E-state index is 12.1. The summed E-state index contributed by atoms with van der Waals surface area (Å²) in [6.45, 7) is 5.58. The first-order chi connectivity index (χ1) is 10.9. The van der Waals surface area contributed by atoms with Gasteiger partial charge < -0.3 is 19.8 Å². The van der Waals surface area contributed by atoms with Crippen LogP contribution in [0.1, 0.15) is 46.5 Å². The molecule has 2 rings (SSSR count). The van der Waals surface area contributed by atoms with Crippen molar-refractivity contribution in [1.82, 2.24) is 4.90 Å². The Bertz CT molecular complexity index is 574. The minimum absolute atomic E-state index is 0.106. The third kappa shape index (κ3) is 4.03. The second-order valence-electron chi connectivity index (χ2n) is 8.13. The molecule has 8 heteroatoms. The highest BCUT2D eigenvalue weighted by molar-refractivity contribution is 7.91. The van der Waals surface area contributed by atoms with E-state index < -0.39 is 32.5 Å². The molecule has 0 saturated carbocycles. The van der Waals surface area contributed by atoms with Gasteiger partial charge in [0, 0.05) is 18.5 Å². The third-order valence-corrected chi connectivity index (χ3v) is 7.04. The molecule has 0 aromatic heterocycles. The standard InChI is InChI=1S/C16H29NO6S/c1-14(2,3)23-13(19)17-8-6-16(20,7-9-17)15(11-18)5-4-10-24(21,22)12-15/h18,20H,4-12H2,1-3H3. The molecule has 0 aromatic carbocycles. The molecule has 0 aliphatic carbocycles. The van der Waals surface area contributed by atoms with Gasteiger partial charge in [-0.25, -0.2) is 13.2 Å². The lowest BCUT2D eigenvalue weighted by Gasteiger charge is -2.51. The molecule has 2 aliphatic rings. The Hall–Kier alpha value is -0.860. The highest BCUT2D eigenvalue weighted by Gasteiger charge is 2.54. The Kier molecular flexibility index (Phi) is 5.24. The van der Waals surface area contributed by atoms with Gasteiger partial charge in [-0.05, 0) is 46.5 Å². The molecule has 2 heterocycles. The molecule has 1 unspecified atom stereocenters. The number of sulfone groups is 1. The van der Waals surface area contributed by atoms with Crippen molar-refractivity contribution in [3.63, 3.8) is 0 Å². The maximum Gasteiger partial charge on any atom is 0.410 e. The predicted octanol–water partition coefficient (Wildman–Crippen LogP) is 0.936. The number of carbonyl (C=O) groups is 1. The molecule has 24 heavy (non-hydrogen) atoms. The molecule has 140 valence electrons. The van der Waals surface area contributed by atoms with Crippen LogP contribution in [-0.2, 0) is 14.6 Å². The summed E-state index contributed by atoms with van der Waals surface area (Å²) in [5.74, 6) is -0.0890. The van der Waals surface area contributed by atoms with Gasteiger partial charge in [0.05, 0.1) is 23.7 Å². The largest absolute Gasteiger partial charge is 0.444 e. The summed E-state index contributed by atoms with van der Waals surface area (Å²) in [5.41, 5.74) is -2.91. The number of piperidine rings is 1. The summed E-state index contributed by atoms with van der Waals surface area (Å²) in [5, 5.41) is 21.0.